The lowest BCUT2D eigenvalue weighted by Crippen LogP contribution is -2.66. The van der Waals surface area contributed by atoms with E-state index in [2.05, 4.69) is 16.0 Å². The van der Waals surface area contributed by atoms with Gasteiger partial charge in [0.2, 0.25) is 11.8 Å². The average Bonchev–Trinajstić information content (AvgIpc) is 2.83. The van der Waals surface area contributed by atoms with Crippen LogP contribution in [0.15, 0.2) is 0 Å². The molecule has 15 heteroatoms. The highest BCUT2D eigenvalue weighted by atomic mass is 16.7. The van der Waals surface area contributed by atoms with E-state index in [0.29, 0.717) is 32.4 Å². The molecule has 240 valence electrons. The minimum Gasteiger partial charge on any atom is -0.463 e. The van der Waals surface area contributed by atoms with Crippen molar-refractivity contribution in [1.29, 1.82) is 0 Å². The Bertz CT molecular complexity index is 936. The number of amides is 3. The normalized spacial score (nSPS) is 21.8. The lowest BCUT2D eigenvalue weighted by atomic mass is 9.96. The minimum absolute atomic E-state index is 0.110. The molecule has 0 bridgehead atoms. The van der Waals surface area contributed by atoms with Crippen LogP contribution in [0.5, 0.6) is 0 Å². The summed E-state index contributed by atoms with van der Waals surface area (Å²) in [7, 11) is 0. The van der Waals surface area contributed by atoms with E-state index in [1.165, 1.54) is 13.8 Å². The summed E-state index contributed by atoms with van der Waals surface area (Å²) in [5, 5.41) is 8.01. The van der Waals surface area contributed by atoms with Crippen molar-refractivity contribution in [3.8, 4) is 0 Å². The van der Waals surface area contributed by atoms with Crippen molar-refractivity contribution >= 4 is 35.8 Å². The smallest absolute Gasteiger partial charge is 0.407 e. The van der Waals surface area contributed by atoms with Gasteiger partial charge in [-0.3, -0.25) is 24.0 Å². The number of rotatable bonds is 15. The van der Waals surface area contributed by atoms with Crippen LogP contribution in [0.3, 0.4) is 0 Å². The van der Waals surface area contributed by atoms with E-state index < -0.39 is 66.2 Å². The molecule has 15 nitrogen and oxygen atoms in total. The molecule has 0 aliphatic carbocycles. The highest BCUT2D eigenvalue weighted by Crippen LogP contribution is 2.28. The van der Waals surface area contributed by atoms with Gasteiger partial charge in [0.1, 0.15) is 24.4 Å². The van der Waals surface area contributed by atoms with Gasteiger partial charge in [0, 0.05) is 53.8 Å². The van der Waals surface area contributed by atoms with Crippen molar-refractivity contribution in [1.82, 2.24) is 16.0 Å². The first kappa shape index (κ1) is 36.6. The van der Waals surface area contributed by atoms with E-state index in [1.807, 2.05) is 0 Å². The van der Waals surface area contributed by atoms with Crippen LogP contribution in [0.25, 0.3) is 0 Å². The van der Waals surface area contributed by atoms with Gasteiger partial charge in [0.05, 0.1) is 0 Å². The highest BCUT2D eigenvalue weighted by molar-refractivity contribution is 5.75. The molecule has 3 N–H and O–H groups in total. The van der Waals surface area contributed by atoms with Crippen LogP contribution >= 0.6 is 0 Å². The van der Waals surface area contributed by atoms with E-state index >= 15 is 0 Å². The number of hydrogen-bond donors (Lipinski definition) is 3. The molecule has 0 saturated carbocycles. The molecule has 1 fully saturated rings. The second kappa shape index (κ2) is 18.2. The van der Waals surface area contributed by atoms with Crippen LogP contribution in [-0.4, -0.2) is 98.4 Å². The fraction of sp³-hybridized carbons (Fsp3) is 0.778. The zero-order valence-electron chi connectivity index (χ0n) is 25.4. The molecule has 42 heavy (non-hydrogen) atoms. The Morgan fingerprint density at radius 2 is 1.40 bits per heavy atom. The zero-order valence-corrected chi connectivity index (χ0v) is 25.4. The molecule has 1 aliphatic heterocycles. The summed E-state index contributed by atoms with van der Waals surface area (Å²) in [5.41, 5.74) is -0.585. The van der Waals surface area contributed by atoms with Gasteiger partial charge in [0.25, 0.3) is 0 Å². The standard InChI is InChI=1S/C27H45N3O12/c1-16(31)30-22-24(40-19(4)34)23(39-18(3)33)20(15-38-17(2)32)41-25(22)37-14-9-8-11-21(35)28-12-10-13-29-26(36)42-27(5,6)7/h20,22-25H,8-15H2,1-7H3,(H,28,35)(H,29,36)(H,30,31)/t20-,22-,23+,24-,25-/m1/s1. The van der Waals surface area contributed by atoms with Crippen molar-refractivity contribution in [2.45, 2.75) is 110 Å². The Labute approximate surface area is 246 Å². The fourth-order valence-electron chi connectivity index (χ4n) is 3.93. The van der Waals surface area contributed by atoms with E-state index in [-0.39, 0.29) is 25.5 Å². The number of nitrogens with one attached hydrogen (secondary N) is 3. The summed E-state index contributed by atoms with van der Waals surface area (Å²) in [4.78, 5) is 70.9. The molecule has 0 aromatic carbocycles. The van der Waals surface area contributed by atoms with Crippen LogP contribution < -0.4 is 16.0 Å². The third-order valence-corrected chi connectivity index (χ3v) is 5.50. The van der Waals surface area contributed by atoms with Crippen molar-refractivity contribution in [2.24, 2.45) is 0 Å². The molecule has 0 radical (unpaired) electrons. The quantitative estimate of drug-likeness (QED) is 0.136. The Balaban J connectivity index is 2.66. The number of unbranched alkanes of at least 4 members (excludes halogenated alkanes) is 1. The number of carbonyl (C=O) groups excluding carboxylic acids is 6. The van der Waals surface area contributed by atoms with Crippen molar-refractivity contribution in [2.75, 3.05) is 26.3 Å². The Kier molecular flexibility index (Phi) is 15.8. The number of ether oxygens (including phenoxy) is 6. The number of esters is 3. The van der Waals surface area contributed by atoms with Gasteiger partial charge in [-0.1, -0.05) is 0 Å². The topological polar surface area (TPSA) is 194 Å². The molecule has 0 aromatic heterocycles. The van der Waals surface area contributed by atoms with Gasteiger partial charge >= 0.3 is 24.0 Å². The number of alkyl carbamates (subject to hydrolysis) is 1. The molecule has 1 saturated heterocycles. The predicted octanol–water partition coefficient (Wildman–Crippen LogP) is 0.860. The first-order valence-corrected chi connectivity index (χ1v) is 13.8. The second-order valence-corrected chi connectivity index (χ2v) is 10.7. The van der Waals surface area contributed by atoms with Crippen LogP contribution in [0.4, 0.5) is 4.79 Å². The van der Waals surface area contributed by atoms with Gasteiger partial charge in [-0.2, -0.15) is 0 Å². The molecule has 3 amide bonds. The predicted molar refractivity (Wildman–Crippen MR) is 146 cm³/mol. The van der Waals surface area contributed by atoms with Crippen LogP contribution in [0.1, 0.15) is 74.1 Å². The maximum atomic E-state index is 12.1. The van der Waals surface area contributed by atoms with Crippen molar-refractivity contribution < 1.29 is 57.2 Å². The van der Waals surface area contributed by atoms with E-state index in [9.17, 15) is 28.8 Å². The second-order valence-electron chi connectivity index (χ2n) is 10.7. The first-order chi connectivity index (χ1) is 19.6. The first-order valence-electron chi connectivity index (χ1n) is 13.8. The summed E-state index contributed by atoms with van der Waals surface area (Å²) in [6, 6.07) is -1.05. The van der Waals surface area contributed by atoms with E-state index in [0.717, 1.165) is 13.8 Å². The molecule has 0 spiro atoms. The van der Waals surface area contributed by atoms with E-state index in [4.69, 9.17) is 28.4 Å². The largest absolute Gasteiger partial charge is 0.463 e. The average molecular weight is 604 g/mol. The Morgan fingerprint density at radius 3 is 1.98 bits per heavy atom. The monoisotopic (exact) mass is 603 g/mol. The summed E-state index contributed by atoms with van der Waals surface area (Å²) in [6.07, 6.45) is -3.47. The van der Waals surface area contributed by atoms with Crippen LogP contribution in [0.2, 0.25) is 0 Å². The fourth-order valence-corrected chi connectivity index (χ4v) is 3.93. The maximum absolute atomic E-state index is 12.1. The highest BCUT2D eigenvalue weighted by Gasteiger charge is 2.51. The van der Waals surface area contributed by atoms with Gasteiger partial charge < -0.3 is 44.4 Å². The molecule has 1 heterocycles. The molecular formula is C27H45N3O12. The molecular weight excluding hydrogens is 558 g/mol. The van der Waals surface area contributed by atoms with Crippen molar-refractivity contribution in [3.05, 3.63) is 0 Å². The molecule has 5 atom stereocenters. The van der Waals surface area contributed by atoms with Gasteiger partial charge in [-0.15, -0.1) is 0 Å². The molecule has 1 rings (SSSR count). The van der Waals surface area contributed by atoms with Crippen LogP contribution in [0, 0.1) is 0 Å². The summed E-state index contributed by atoms with van der Waals surface area (Å²) in [5.74, 6) is -2.66. The van der Waals surface area contributed by atoms with Gasteiger partial charge in [0.15, 0.2) is 18.5 Å². The third-order valence-electron chi connectivity index (χ3n) is 5.50. The summed E-state index contributed by atoms with van der Waals surface area (Å²) >= 11 is 0. The van der Waals surface area contributed by atoms with Crippen molar-refractivity contribution in [3.63, 3.8) is 0 Å². The number of hydrogen-bond acceptors (Lipinski definition) is 12. The van der Waals surface area contributed by atoms with Gasteiger partial charge in [-0.05, 0) is 40.0 Å². The summed E-state index contributed by atoms with van der Waals surface area (Å²) < 4.78 is 32.7. The maximum Gasteiger partial charge on any atom is 0.407 e. The van der Waals surface area contributed by atoms with Crippen LogP contribution in [-0.2, 0) is 52.4 Å². The molecule has 0 unspecified atom stereocenters. The SMILES string of the molecule is CC(=O)N[C@H]1[C@H](OCCCCC(=O)NCCCNC(=O)OC(C)(C)C)O[C@H](COC(C)=O)[C@H](OC(C)=O)[C@@H]1OC(C)=O. The molecule has 1 aliphatic rings. The summed E-state index contributed by atoms with van der Waals surface area (Å²) in [6.45, 7) is 10.6. The lowest BCUT2D eigenvalue weighted by molar-refractivity contribution is -0.277. The molecule has 0 aromatic rings. The minimum atomic E-state index is -1.20. The van der Waals surface area contributed by atoms with E-state index in [1.54, 1.807) is 20.8 Å². The zero-order chi connectivity index (χ0) is 31.9. The third kappa shape index (κ3) is 15.5. The Hall–Kier alpha value is -3.46. The lowest BCUT2D eigenvalue weighted by Gasteiger charge is -2.44. The van der Waals surface area contributed by atoms with Gasteiger partial charge in [-0.25, -0.2) is 4.79 Å². The number of carbonyl (C=O) groups is 6. The Morgan fingerprint density at radius 1 is 0.786 bits per heavy atom.